The Labute approximate surface area is 150 Å². The Kier molecular flexibility index (Phi) is 6.64. The van der Waals surface area contributed by atoms with Crippen LogP contribution in [0.4, 0.5) is 13.2 Å². The topological polar surface area (TPSA) is 78.5 Å². The molecule has 26 heavy (non-hydrogen) atoms. The van der Waals surface area contributed by atoms with Crippen molar-refractivity contribution in [3.8, 4) is 0 Å². The first-order valence-electron chi connectivity index (χ1n) is 8.12. The zero-order chi connectivity index (χ0) is 19.4. The SMILES string of the molecule is CS(=O)(=O)Cc1ccc(C(=O)NCC(N2CCNCC2)C(F)(F)F)cc1. The van der Waals surface area contributed by atoms with Crippen molar-refractivity contribution < 1.29 is 26.4 Å². The molecule has 1 heterocycles. The number of amides is 1. The van der Waals surface area contributed by atoms with Gasteiger partial charge in [0.2, 0.25) is 0 Å². The molecule has 2 N–H and O–H groups in total. The third-order valence-corrected chi connectivity index (χ3v) is 4.93. The second-order valence-electron chi connectivity index (χ2n) is 6.32. The highest BCUT2D eigenvalue weighted by Crippen LogP contribution is 2.24. The monoisotopic (exact) mass is 393 g/mol. The van der Waals surface area contributed by atoms with Gasteiger partial charge >= 0.3 is 6.18 Å². The number of rotatable bonds is 6. The van der Waals surface area contributed by atoms with E-state index in [0.29, 0.717) is 18.7 Å². The van der Waals surface area contributed by atoms with Crippen LogP contribution in [-0.4, -0.2) is 70.4 Å². The number of alkyl halides is 3. The number of carbonyl (C=O) groups is 1. The Morgan fingerprint density at radius 1 is 1.23 bits per heavy atom. The molecule has 0 aromatic heterocycles. The molecule has 1 amide bonds. The van der Waals surface area contributed by atoms with Crippen molar-refractivity contribution in [2.45, 2.75) is 18.0 Å². The van der Waals surface area contributed by atoms with Gasteiger partial charge in [-0.25, -0.2) is 8.42 Å². The molecular formula is C16H22F3N3O3S. The van der Waals surface area contributed by atoms with Crippen LogP contribution in [0.5, 0.6) is 0 Å². The zero-order valence-corrected chi connectivity index (χ0v) is 15.2. The second kappa shape index (κ2) is 8.36. The van der Waals surface area contributed by atoms with Gasteiger partial charge < -0.3 is 10.6 Å². The Morgan fingerprint density at radius 2 is 1.81 bits per heavy atom. The lowest BCUT2D eigenvalue weighted by atomic mass is 10.1. The fraction of sp³-hybridized carbons (Fsp3) is 0.562. The molecule has 6 nitrogen and oxygen atoms in total. The van der Waals surface area contributed by atoms with Gasteiger partial charge in [-0.15, -0.1) is 0 Å². The van der Waals surface area contributed by atoms with Crippen LogP contribution in [0.3, 0.4) is 0 Å². The minimum Gasteiger partial charge on any atom is -0.350 e. The van der Waals surface area contributed by atoms with E-state index in [1.807, 2.05) is 0 Å². The van der Waals surface area contributed by atoms with Crippen molar-refractivity contribution in [1.82, 2.24) is 15.5 Å². The fourth-order valence-electron chi connectivity index (χ4n) is 2.79. The maximum Gasteiger partial charge on any atom is 0.405 e. The number of benzene rings is 1. The molecule has 1 aromatic rings. The van der Waals surface area contributed by atoms with Crippen LogP contribution < -0.4 is 10.6 Å². The van der Waals surface area contributed by atoms with E-state index in [0.717, 1.165) is 6.26 Å². The number of hydrogen-bond donors (Lipinski definition) is 2. The Hall–Kier alpha value is -1.65. The number of piperazine rings is 1. The van der Waals surface area contributed by atoms with Gasteiger partial charge in [-0.05, 0) is 17.7 Å². The lowest BCUT2D eigenvalue weighted by molar-refractivity contribution is -0.183. The highest BCUT2D eigenvalue weighted by atomic mass is 32.2. The quantitative estimate of drug-likeness (QED) is 0.748. The molecule has 10 heteroatoms. The fourth-order valence-corrected chi connectivity index (χ4v) is 3.59. The second-order valence-corrected chi connectivity index (χ2v) is 8.46. The van der Waals surface area contributed by atoms with E-state index >= 15 is 0 Å². The maximum absolute atomic E-state index is 13.3. The summed E-state index contributed by atoms with van der Waals surface area (Å²) in [4.78, 5) is 13.4. The van der Waals surface area contributed by atoms with E-state index in [2.05, 4.69) is 10.6 Å². The van der Waals surface area contributed by atoms with E-state index in [1.165, 1.54) is 29.2 Å². The first-order valence-corrected chi connectivity index (χ1v) is 10.2. The molecule has 1 aliphatic heterocycles. The van der Waals surface area contributed by atoms with Gasteiger partial charge in [0.25, 0.3) is 5.91 Å². The predicted octanol–water partition coefficient (Wildman–Crippen LogP) is 0.797. The average Bonchev–Trinajstić information content (AvgIpc) is 2.54. The summed E-state index contributed by atoms with van der Waals surface area (Å²) < 4.78 is 62.4. The van der Waals surface area contributed by atoms with E-state index in [9.17, 15) is 26.4 Å². The third-order valence-electron chi connectivity index (χ3n) is 4.07. The van der Waals surface area contributed by atoms with E-state index in [-0.39, 0.29) is 24.4 Å². The molecule has 0 bridgehead atoms. The molecular weight excluding hydrogens is 371 g/mol. The van der Waals surface area contributed by atoms with Crippen molar-refractivity contribution in [2.75, 3.05) is 39.0 Å². The molecule has 0 radical (unpaired) electrons. The van der Waals surface area contributed by atoms with Crippen molar-refractivity contribution in [1.29, 1.82) is 0 Å². The lowest BCUT2D eigenvalue weighted by Crippen LogP contribution is -2.57. The number of hydrogen-bond acceptors (Lipinski definition) is 5. The molecule has 0 saturated carbocycles. The molecule has 1 atom stereocenters. The largest absolute Gasteiger partial charge is 0.405 e. The number of nitrogens with one attached hydrogen (secondary N) is 2. The lowest BCUT2D eigenvalue weighted by Gasteiger charge is -2.35. The summed E-state index contributed by atoms with van der Waals surface area (Å²) in [5.74, 6) is -0.783. The predicted molar refractivity (Wildman–Crippen MR) is 91.6 cm³/mol. The van der Waals surface area contributed by atoms with Crippen LogP contribution in [0.15, 0.2) is 24.3 Å². The maximum atomic E-state index is 13.3. The summed E-state index contributed by atoms with van der Waals surface area (Å²) in [6.45, 7) is 0.943. The highest BCUT2D eigenvalue weighted by molar-refractivity contribution is 7.89. The van der Waals surface area contributed by atoms with Crippen molar-refractivity contribution in [3.63, 3.8) is 0 Å². The van der Waals surface area contributed by atoms with Crippen LogP contribution in [0, 0.1) is 0 Å². The summed E-state index contributed by atoms with van der Waals surface area (Å²) in [7, 11) is -3.20. The van der Waals surface area contributed by atoms with E-state index in [4.69, 9.17) is 0 Å². The highest BCUT2D eigenvalue weighted by Gasteiger charge is 2.43. The van der Waals surface area contributed by atoms with E-state index < -0.39 is 34.5 Å². The minimum atomic E-state index is -4.44. The van der Waals surface area contributed by atoms with Gasteiger partial charge in [-0.1, -0.05) is 12.1 Å². The average molecular weight is 393 g/mol. The zero-order valence-electron chi connectivity index (χ0n) is 14.3. The summed E-state index contributed by atoms with van der Waals surface area (Å²) in [6.07, 6.45) is -3.34. The van der Waals surface area contributed by atoms with Crippen molar-refractivity contribution in [3.05, 3.63) is 35.4 Å². The van der Waals surface area contributed by atoms with Crippen LogP contribution in [-0.2, 0) is 15.6 Å². The number of nitrogens with zero attached hydrogens (tertiary/aromatic N) is 1. The molecule has 1 aliphatic rings. The molecule has 1 unspecified atom stereocenters. The Morgan fingerprint density at radius 3 is 2.31 bits per heavy atom. The normalized spacial score (nSPS) is 17.7. The molecule has 1 saturated heterocycles. The van der Waals surface area contributed by atoms with Gasteiger partial charge in [0.15, 0.2) is 9.84 Å². The van der Waals surface area contributed by atoms with Gasteiger partial charge in [0.1, 0.15) is 6.04 Å². The summed E-state index contributed by atoms with van der Waals surface area (Å²) >= 11 is 0. The molecule has 0 spiro atoms. The van der Waals surface area contributed by atoms with Crippen LogP contribution in [0.2, 0.25) is 0 Å². The van der Waals surface area contributed by atoms with Gasteiger partial charge in [0, 0.05) is 44.5 Å². The molecule has 146 valence electrons. The molecule has 2 rings (SSSR count). The smallest absolute Gasteiger partial charge is 0.350 e. The van der Waals surface area contributed by atoms with Crippen molar-refractivity contribution >= 4 is 15.7 Å². The Bertz CT molecular complexity index is 714. The van der Waals surface area contributed by atoms with Crippen molar-refractivity contribution in [2.24, 2.45) is 0 Å². The molecule has 0 aliphatic carbocycles. The molecule has 1 aromatic carbocycles. The third kappa shape index (κ3) is 6.26. The van der Waals surface area contributed by atoms with E-state index in [1.54, 1.807) is 0 Å². The number of carbonyl (C=O) groups excluding carboxylic acids is 1. The minimum absolute atomic E-state index is 0.159. The first-order chi connectivity index (χ1) is 12.1. The Balaban J connectivity index is 1.99. The summed E-state index contributed by atoms with van der Waals surface area (Å²) in [5.41, 5.74) is 0.696. The van der Waals surface area contributed by atoms with Crippen LogP contribution in [0.1, 0.15) is 15.9 Å². The van der Waals surface area contributed by atoms with Gasteiger partial charge in [-0.2, -0.15) is 13.2 Å². The first kappa shape index (κ1) is 20.7. The number of sulfone groups is 1. The van der Waals surface area contributed by atoms with Gasteiger partial charge in [0.05, 0.1) is 5.75 Å². The number of halogens is 3. The summed E-state index contributed by atoms with van der Waals surface area (Å²) in [5, 5.41) is 5.33. The molecule has 1 fully saturated rings. The summed E-state index contributed by atoms with van der Waals surface area (Å²) in [6, 6.07) is 4.03. The van der Waals surface area contributed by atoms with Crippen LogP contribution >= 0.6 is 0 Å². The standard InChI is InChI=1S/C16H22F3N3O3S/c1-26(24,25)11-12-2-4-13(5-3-12)15(23)21-10-14(16(17,18)19)22-8-6-20-7-9-22/h2-5,14,20H,6-11H2,1H3,(H,21,23). The van der Waals surface area contributed by atoms with Gasteiger partial charge in [-0.3, -0.25) is 9.69 Å². The van der Waals surface area contributed by atoms with Crippen LogP contribution in [0.25, 0.3) is 0 Å².